The summed E-state index contributed by atoms with van der Waals surface area (Å²) in [6.07, 6.45) is 0. The van der Waals surface area contributed by atoms with Crippen molar-refractivity contribution in [2.45, 2.75) is 20.4 Å². The maximum Gasteiger partial charge on any atom is 0.254 e. The Kier molecular flexibility index (Phi) is 3.47. The lowest BCUT2D eigenvalue weighted by molar-refractivity contribution is -0.121. The Hall–Kier alpha value is -1.36. The third-order valence-corrected chi connectivity index (χ3v) is 2.30. The minimum Gasteiger partial charge on any atom is -0.369 e. The number of carbonyl (C=O) groups excluding carboxylic acids is 1. The Labute approximate surface area is 91.9 Å². The van der Waals surface area contributed by atoms with E-state index in [0.717, 1.165) is 0 Å². The molecule has 0 aromatic carbocycles. The van der Waals surface area contributed by atoms with Crippen LogP contribution in [0.2, 0.25) is 5.15 Å². The van der Waals surface area contributed by atoms with Crippen LogP contribution in [-0.4, -0.2) is 15.5 Å². The van der Waals surface area contributed by atoms with Gasteiger partial charge >= 0.3 is 0 Å². The van der Waals surface area contributed by atoms with Gasteiger partial charge in [-0.3, -0.25) is 14.2 Å². The fourth-order valence-electron chi connectivity index (χ4n) is 1.17. The number of carbonyl (C=O) groups is 1. The van der Waals surface area contributed by atoms with Gasteiger partial charge in [-0.1, -0.05) is 18.5 Å². The molecule has 0 fully saturated rings. The van der Waals surface area contributed by atoms with Crippen molar-refractivity contribution in [1.82, 2.24) is 9.55 Å². The molecule has 0 aliphatic heterocycles. The van der Waals surface area contributed by atoms with E-state index in [4.69, 9.17) is 17.3 Å². The summed E-state index contributed by atoms with van der Waals surface area (Å²) in [5, 5.41) is 0.153. The molecule has 0 bridgehead atoms. The van der Waals surface area contributed by atoms with Crippen molar-refractivity contribution in [3.63, 3.8) is 0 Å². The van der Waals surface area contributed by atoms with E-state index >= 15 is 0 Å². The molecule has 1 atom stereocenters. The molecule has 1 unspecified atom stereocenters. The van der Waals surface area contributed by atoms with Crippen molar-refractivity contribution >= 4 is 17.5 Å². The predicted octanol–water partition coefficient (Wildman–Crippen LogP) is 0.327. The molecule has 1 heterocycles. The average Bonchev–Trinajstić information content (AvgIpc) is 2.10. The monoisotopic (exact) mass is 229 g/mol. The van der Waals surface area contributed by atoms with E-state index in [1.54, 1.807) is 13.8 Å². The first-order valence-corrected chi connectivity index (χ1v) is 4.83. The molecule has 0 radical (unpaired) electrons. The fourth-order valence-corrected chi connectivity index (χ4v) is 1.39. The van der Waals surface area contributed by atoms with Crippen molar-refractivity contribution < 1.29 is 4.79 Å². The molecular weight excluding hydrogens is 218 g/mol. The van der Waals surface area contributed by atoms with Gasteiger partial charge in [0.25, 0.3) is 5.56 Å². The van der Waals surface area contributed by atoms with E-state index in [1.165, 1.54) is 10.6 Å². The number of nitrogens with two attached hydrogens (primary N) is 1. The first-order valence-electron chi connectivity index (χ1n) is 4.45. The zero-order chi connectivity index (χ0) is 11.6. The van der Waals surface area contributed by atoms with Gasteiger partial charge in [0, 0.05) is 12.6 Å². The number of primary amides is 1. The van der Waals surface area contributed by atoms with Crippen molar-refractivity contribution in [3.8, 4) is 0 Å². The molecule has 1 aromatic heterocycles. The topological polar surface area (TPSA) is 78.0 Å². The average molecular weight is 230 g/mol. The van der Waals surface area contributed by atoms with Crippen LogP contribution in [0, 0.1) is 12.8 Å². The third kappa shape index (κ3) is 2.79. The highest BCUT2D eigenvalue weighted by Gasteiger charge is 2.12. The largest absolute Gasteiger partial charge is 0.369 e. The molecule has 15 heavy (non-hydrogen) atoms. The highest BCUT2D eigenvalue weighted by atomic mass is 35.5. The molecular formula is C9H12ClN3O2. The lowest BCUT2D eigenvalue weighted by atomic mass is 10.1. The lowest BCUT2D eigenvalue weighted by Gasteiger charge is -2.12. The van der Waals surface area contributed by atoms with Gasteiger partial charge in [0.2, 0.25) is 5.91 Å². The van der Waals surface area contributed by atoms with Gasteiger partial charge in [-0.25, -0.2) is 4.98 Å². The van der Waals surface area contributed by atoms with Crippen LogP contribution >= 0.6 is 11.6 Å². The Morgan fingerprint density at radius 3 is 2.80 bits per heavy atom. The second-order valence-corrected chi connectivity index (χ2v) is 3.77. The fraction of sp³-hybridized carbons (Fsp3) is 0.444. The summed E-state index contributed by atoms with van der Waals surface area (Å²) in [6, 6.07) is 1.21. The number of rotatable bonds is 3. The molecule has 6 heteroatoms. The third-order valence-electron chi connectivity index (χ3n) is 2.11. The van der Waals surface area contributed by atoms with Crippen LogP contribution in [0.25, 0.3) is 0 Å². The summed E-state index contributed by atoms with van der Waals surface area (Å²) in [4.78, 5) is 26.3. The Morgan fingerprint density at radius 2 is 2.33 bits per heavy atom. The Morgan fingerprint density at radius 1 is 1.73 bits per heavy atom. The minimum absolute atomic E-state index is 0.153. The normalized spacial score (nSPS) is 12.5. The molecule has 1 amide bonds. The van der Waals surface area contributed by atoms with Crippen LogP contribution < -0.4 is 11.3 Å². The van der Waals surface area contributed by atoms with Crippen molar-refractivity contribution in [2.24, 2.45) is 11.7 Å². The van der Waals surface area contributed by atoms with Crippen LogP contribution in [0.1, 0.15) is 12.7 Å². The number of hydrogen-bond donors (Lipinski definition) is 1. The van der Waals surface area contributed by atoms with Gasteiger partial charge in [-0.15, -0.1) is 0 Å². The SMILES string of the molecule is Cc1nc(Cl)cc(=O)n1CC(C)C(N)=O. The van der Waals surface area contributed by atoms with Gasteiger partial charge in [0.1, 0.15) is 11.0 Å². The summed E-state index contributed by atoms with van der Waals surface area (Å²) in [5.74, 6) is -0.388. The standard InChI is InChI=1S/C9H12ClN3O2/c1-5(9(11)15)4-13-6(2)12-7(10)3-8(13)14/h3,5H,4H2,1-2H3,(H2,11,15). The number of amides is 1. The molecule has 1 rings (SSSR count). The summed E-state index contributed by atoms with van der Waals surface area (Å²) in [6.45, 7) is 3.54. The number of aromatic nitrogens is 2. The van der Waals surface area contributed by atoms with Crippen LogP contribution in [0.4, 0.5) is 0 Å². The number of halogens is 1. The first kappa shape index (κ1) is 11.7. The molecule has 1 aromatic rings. The van der Waals surface area contributed by atoms with Gasteiger partial charge in [0.15, 0.2) is 0 Å². The van der Waals surface area contributed by atoms with E-state index in [0.29, 0.717) is 5.82 Å². The molecule has 0 saturated carbocycles. The van der Waals surface area contributed by atoms with Crippen LogP contribution in [-0.2, 0) is 11.3 Å². The van der Waals surface area contributed by atoms with Crippen LogP contribution in [0.15, 0.2) is 10.9 Å². The second kappa shape index (κ2) is 4.44. The van der Waals surface area contributed by atoms with Gasteiger partial charge in [-0.05, 0) is 6.92 Å². The van der Waals surface area contributed by atoms with Crippen molar-refractivity contribution in [1.29, 1.82) is 0 Å². The van der Waals surface area contributed by atoms with E-state index in [2.05, 4.69) is 4.98 Å². The molecule has 82 valence electrons. The molecule has 5 nitrogen and oxygen atoms in total. The quantitative estimate of drug-likeness (QED) is 0.759. The van der Waals surface area contributed by atoms with Gasteiger partial charge in [0.05, 0.1) is 5.92 Å². The van der Waals surface area contributed by atoms with E-state index < -0.39 is 11.8 Å². The number of aryl methyl sites for hydroxylation is 1. The molecule has 0 saturated heterocycles. The maximum absolute atomic E-state index is 11.5. The highest BCUT2D eigenvalue weighted by molar-refractivity contribution is 6.29. The van der Waals surface area contributed by atoms with Crippen molar-refractivity contribution in [2.75, 3.05) is 0 Å². The van der Waals surface area contributed by atoms with Crippen LogP contribution in [0.3, 0.4) is 0 Å². The maximum atomic E-state index is 11.5. The highest BCUT2D eigenvalue weighted by Crippen LogP contribution is 2.04. The predicted molar refractivity (Wildman–Crippen MR) is 56.6 cm³/mol. The summed E-state index contributed by atoms with van der Waals surface area (Å²) in [5.41, 5.74) is 4.84. The number of nitrogens with zero attached hydrogens (tertiary/aromatic N) is 2. The van der Waals surface area contributed by atoms with Crippen molar-refractivity contribution in [3.05, 3.63) is 27.4 Å². The van der Waals surface area contributed by atoms with Crippen LogP contribution in [0.5, 0.6) is 0 Å². The molecule has 2 N–H and O–H groups in total. The van der Waals surface area contributed by atoms with E-state index in [1.807, 2.05) is 0 Å². The molecule has 0 aliphatic rings. The Balaban J connectivity index is 3.05. The van der Waals surface area contributed by atoms with Gasteiger partial charge in [-0.2, -0.15) is 0 Å². The second-order valence-electron chi connectivity index (χ2n) is 3.38. The zero-order valence-corrected chi connectivity index (χ0v) is 9.28. The minimum atomic E-state index is -0.448. The van der Waals surface area contributed by atoms with Gasteiger partial charge < -0.3 is 5.73 Å². The van der Waals surface area contributed by atoms with E-state index in [-0.39, 0.29) is 17.3 Å². The number of hydrogen-bond acceptors (Lipinski definition) is 3. The summed E-state index contributed by atoms with van der Waals surface area (Å²) in [7, 11) is 0. The zero-order valence-electron chi connectivity index (χ0n) is 8.53. The molecule has 0 spiro atoms. The smallest absolute Gasteiger partial charge is 0.254 e. The summed E-state index contributed by atoms with van der Waals surface area (Å²) >= 11 is 5.61. The molecule has 0 aliphatic carbocycles. The Bertz CT molecular complexity index is 441. The lowest BCUT2D eigenvalue weighted by Crippen LogP contribution is -2.31. The van der Waals surface area contributed by atoms with E-state index in [9.17, 15) is 9.59 Å². The first-order chi connectivity index (χ1) is 6.91. The summed E-state index contributed by atoms with van der Waals surface area (Å²) < 4.78 is 1.38.